The summed E-state index contributed by atoms with van der Waals surface area (Å²) in [5.74, 6) is -0.0839. The van der Waals surface area contributed by atoms with Crippen molar-refractivity contribution >= 4 is 12.0 Å². The number of urea groups is 1. The molecule has 0 aromatic heterocycles. The van der Waals surface area contributed by atoms with Gasteiger partial charge >= 0.3 is 12.0 Å². The quantitative estimate of drug-likeness (QED) is 0.732. The van der Waals surface area contributed by atoms with E-state index < -0.39 is 6.03 Å². The first-order valence-corrected chi connectivity index (χ1v) is 5.71. The molecule has 92 valence electrons. The van der Waals surface area contributed by atoms with Crippen molar-refractivity contribution in [2.45, 2.75) is 26.7 Å². The number of hydrogen-bond acceptors (Lipinski definition) is 3. The van der Waals surface area contributed by atoms with Gasteiger partial charge in [0.2, 0.25) is 0 Å². The van der Waals surface area contributed by atoms with Crippen LogP contribution in [0.25, 0.3) is 0 Å². The maximum Gasteiger partial charge on any atom is 0.314 e. The highest BCUT2D eigenvalue weighted by atomic mass is 16.5. The third-order valence-corrected chi connectivity index (χ3v) is 2.63. The number of rotatable bonds is 3. The van der Waals surface area contributed by atoms with Crippen LogP contribution in [0, 0.1) is 11.8 Å². The minimum Gasteiger partial charge on any atom is -0.465 e. The average Bonchev–Trinajstić information content (AvgIpc) is 2.26. The Bertz CT molecular complexity index is 266. The molecular formula is C11H20N2O3. The minimum absolute atomic E-state index is 0.208. The summed E-state index contributed by atoms with van der Waals surface area (Å²) in [4.78, 5) is 24.2. The van der Waals surface area contributed by atoms with Crippen LogP contribution in [0.1, 0.15) is 26.7 Å². The van der Waals surface area contributed by atoms with E-state index in [4.69, 9.17) is 10.5 Å². The number of carbonyl (C=O) groups is 2. The van der Waals surface area contributed by atoms with Gasteiger partial charge in [0, 0.05) is 13.1 Å². The van der Waals surface area contributed by atoms with Crippen LogP contribution in [-0.2, 0) is 9.53 Å². The standard InChI is InChI=1S/C11H20N2O3/c1-8(2)7-16-10(14)9-4-3-5-13(6-9)11(12)15/h8-9H,3-7H2,1-2H3,(H2,12,15). The SMILES string of the molecule is CC(C)COC(=O)C1CCCN(C(N)=O)C1. The fourth-order valence-corrected chi connectivity index (χ4v) is 1.74. The molecule has 1 saturated heterocycles. The van der Waals surface area contributed by atoms with E-state index in [-0.39, 0.29) is 11.9 Å². The first-order valence-electron chi connectivity index (χ1n) is 5.71. The van der Waals surface area contributed by atoms with Crippen molar-refractivity contribution in [2.75, 3.05) is 19.7 Å². The smallest absolute Gasteiger partial charge is 0.314 e. The molecule has 1 aliphatic rings. The number of nitrogens with two attached hydrogens (primary N) is 1. The van der Waals surface area contributed by atoms with Gasteiger partial charge in [0.1, 0.15) is 0 Å². The Hall–Kier alpha value is -1.26. The predicted octanol–water partition coefficient (Wildman–Crippen LogP) is 0.976. The van der Waals surface area contributed by atoms with Gasteiger partial charge in [-0.25, -0.2) is 4.79 Å². The van der Waals surface area contributed by atoms with Crippen molar-refractivity contribution in [3.05, 3.63) is 0 Å². The molecule has 16 heavy (non-hydrogen) atoms. The number of piperidine rings is 1. The van der Waals surface area contributed by atoms with Crippen LogP contribution >= 0.6 is 0 Å². The second-order valence-corrected chi connectivity index (χ2v) is 4.65. The van der Waals surface area contributed by atoms with Crippen molar-refractivity contribution in [3.63, 3.8) is 0 Å². The lowest BCUT2D eigenvalue weighted by Crippen LogP contribution is -2.45. The number of nitrogens with zero attached hydrogens (tertiary/aromatic N) is 1. The summed E-state index contributed by atoms with van der Waals surface area (Å²) < 4.78 is 5.15. The molecule has 2 N–H and O–H groups in total. The molecule has 2 amide bonds. The number of likely N-dealkylation sites (tertiary alicyclic amines) is 1. The van der Waals surface area contributed by atoms with E-state index in [1.165, 1.54) is 4.90 Å². The van der Waals surface area contributed by atoms with E-state index in [1.54, 1.807) is 0 Å². The van der Waals surface area contributed by atoms with E-state index in [1.807, 2.05) is 13.8 Å². The summed E-state index contributed by atoms with van der Waals surface area (Å²) in [5, 5.41) is 0. The first kappa shape index (κ1) is 12.8. The lowest BCUT2D eigenvalue weighted by molar-refractivity contribution is -0.151. The van der Waals surface area contributed by atoms with Crippen LogP contribution in [0.2, 0.25) is 0 Å². The van der Waals surface area contributed by atoms with Gasteiger partial charge in [-0.05, 0) is 18.8 Å². The molecule has 5 nitrogen and oxygen atoms in total. The number of esters is 1. The van der Waals surface area contributed by atoms with Crippen LogP contribution < -0.4 is 5.73 Å². The number of hydrogen-bond donors (Lipinski definition) is 1. The fourth-order valence-electron chi connectivity index (χ4n) is 1.74. The topological polar surface area (TPSA) is 72.6 Å². The second-order valence-electron chi connectivity index (χ2n) is 4.65. The van der Waals surface area contributed by atoms with Gasteiger partial charge in [0.25, 0.3) is 0 Å². The summed E-state index contributed by atoms with van der Waals surface area (Å²) in [7, 11) is 0. The summed E-state index contributed by atoms with van der Waals surface area (Å²) in [5.41, 5.74) is 5.19. The van der Waals surface area contributed by atoms with Crippen molar-refractivity contribution in [2.24, 2.45) is 17.6 Å². The number of ether oxygens (including phenoxy) is 1. The van der Waals surface area contributed by atoms with Crippen LogP contribution in [-0.4, -0.2) is 36.6 Å². The molecule has 0 spiro atoms. The van der Waals surface area contributed by atoms with Gasteiger partial charge < -0.3 is 15.4 Å². The zero-order valence-corrected chi connectivity index (χ0v) is 9.94. The van der Waals surface area contributed by atoms with Gasteiger partial charge in [0.15, 0.2) is 0 Å². The van der Waals surface area contributed by atoms with E-state index in [0.717, 1.165) is 12.8 Å². The normalized spacial score (nSPS) is 20.9. The van der Waals surface area contributed by atoms with Gasteiger partial charge in [-0.3, -0.25) is 4.79 Å². The Morgan fingerprint density at radius 1 is 1.50 bits per heavy atom. The lowest BCUT2D eigenvalue weighted by Gasteiger charge is -2.30. The van der Waals surface area contributed by atoms with Crippen molar-refractivity contribution in [1.29, 1.82) is 0 Å². The maximum absolute atomic E-state index is 11.7. The molecule has 5 heteroatoms. The molecule has 0 saturated carbocycles. The second kappa shape index (κ2) is 5.72. The predicted molar refractivity (Wildman–Crippen MR) is 59.7 cm³/mol. The summed E-state index contributed by atoms with van der Waals surface area (Å²) in [6.07, 6.45) is 1.59. The highest BCUT2D eigenvalue weighted by Crippen LogP contribution is 2.17. The zero-order chi connectivity index (χ0) is 12.1. The Kier molecular flexibility index (Phi) is 4.58. The van der Waals surface area contributed by atoms with Gasteiger partial charge in [-0.15, -0.1) is 0 Å². The molecule has 0 radical (unpaired) electrons. The van der Waals surface area contributed by atoms with Crippen molar-refractivity contribution in [1.82, 2.24) is 4.90 Å². The van der Waals surface area contributed by atoms with Crippen LogP contribution in [0.4, 0.5) is 4.79 Å². The maximum atomic E-state index is 11.7. The average molecular weight is 228 g/mol. The van der Waals surface area contributed by atoms with Crippen molar-refractivity contribution in [3.8, 4) is 0 Å². The largest absolute Gasteiger partial charge is 0.465 e. The molecule has 1 rings (SSSR count). The third kappa shape index (κ3) is 3.72. The number of carbonyl (C=O) groups excluding carboxylic acids is 2. The van der Waals surface area contributed by atoms with Gasteiger partial charge in [-0.1, -0.05) is 13.8 Å². The van der Waals surface area contributed by atoms with Crippen molar-refractivity contribution < 1.29 is 14.3 Å². The molecular weight excluding hydrogens is 208 g/mol. The molecule has 0 aromatic carbocycles. The Morgan fingerprint density at radius 3 is 2.75 bits per heavy atom. The minimum atomic E-state index is -0.457. The highest BCUT2D eigenvalue weighted by molar-refractivity contribution is 5.76. The van der Waals surface area contributed by atoms with Crippen LogP contribution in [0.5, 0.6) is 0 Å². The van der Waals surface area contributed by atoms with E-state index >= 15 is 0 Å². The molecule has 0 aliphatic carbocycles. The van der Waals surface area contributed by atoms with Crippen LogP contribution in [0.3, 0.4) is 0 Å². The van der Waals surface area contributed by atoms with Gasteiger partial charge in [0.05, 0.1) is 12.5 Å². The Balaban J connectivity index is 2.41. The lowest BCUT2D eigenvalue weighted by atomic mass is 9.98. The Morgan fingerprint density at radius 2 is 2.19 bits per heavy atom. The highest BCUT2D eigenvalue weighted by Gasteiger charge is 2.28. The fraction of sp³-hybridized carbons (Fsp3) is 0.818. The van der Waals surface area contributed by atoms with E-state index in [2.05, 4.69) is 0 Å². The molecule has 0 aromatic rings. The molecule has 1 unspecified atom stereocenters. The zero-order valence-electron chi connectivity index (χ0n) is 9.94. The Labute approximate surface area is 95.9 Å². The first-order chi connectivity index (χ1) is 7.50. The number of primary amides is 1. The molecule has 1 aliphatic heterocycles. The molecule has 0 bridgehead atoms. The van der Waals surface area contributed by atoms with Gasteiger partial charge in [-0.2, -0.15) is 0 Å². The monoisotopic (exact) mass is 228 g/mol. The summed E-state index contributed by atoms with van der Waals surface area (Å²) >= 11 is 0. The molecule has 1 heterocycles. The molecule has 1 fully saturated rings. The van der Waals surface area contributed by atoms with Crippen LogP contribution in [0.15, 0.2) is 0 Å². The summed E-state index contributed by atoms with van der Waals surface area (Å²) in [6.45, 7) is 5.45. The third-order valence-electron chi connectivity index (χ3n) is 2.63. The van der Waals surface area contributed by atoms with E-state index in [9.17, 15) is 9.59 Å². The summed E-state index contributed by atoms with van der Waals surface area (Å²) in [6, 6.07) is -0.457. The van der Waals surface area contributed by atoms with E-state index in [0.29, 0.717) is 25.6 Å². The number of amides is 2. The molecule has 1 atom stereocenters.